The zero-order valence-corrected chi connectivity index (χ0v) is 15.7. The minimum Gasteiger partial charge on any atom is -0.342 e. The van der Waals surface area contributed by atoms with Crippen molar-refractivity contribution in [1.29, 1.82) is 0 Å². The summed E-state index contributed by atoms with van der Waals surface area (Å²) >= 11 is 1.47. The molecule has 2 fully saturated rings. The molecule has 136 valence electrons. The second-order valence-corrected chi connectivity index (χ2v) is 8.14. The monoisotopic (exact) mass is 368 g/mol. The molecule has 3 heterocycles. The maximum Gasteiger partial charge on any atom is 0.263 e. The van der Waals surface area contributed by atoms with E-state index < -0.39 is 0 Å². The van der Waals surface area contributed by atoms with E-state index in [1.807, 2.05) is 45.5 Å². The van der Waals surface area contributed by atoms with Crippen LogP contribution in [0.25, 0.3) is 0 Å². The molecular weight excluding hydrogens is 344 g/mol. The first kappa shape index (κ1) is 17.3. The van der Waals surface area contributed by atoms with Gasteiger partial charge in [-0.1, -0.05) is 36.4 Å². The summed E-state index contributed by atoms with van der Waals surface area (Å²) in [4.78, 5) is 30.7. The number of benzene rings is 1. The van der Waals surface area contributed by atoms with E-state index in [1.54, 1.807) is 0 Å². The highest BCUT2D eigenvalue weighted by atomic mass is 32.1. The molecule has 1 aromatic carbocycles. The molecule has 26 heavy (non-hydrogen) atoms. The molecule has 0 saturated carbocycles. The second-order valence-electron chi connectivity index (χ2n) is 7.20. The number of thiophene rings is 1. The highest BCUT2D eigenvalue weighted by Gasteiger charge is 2.42. The number of carbonyl (C=O) groups is 2. The van der Waals surface area contributed by atoms with Gasteiger partial charge in [-0.3, -0.25) is 9.59 Å². The molecule has 2 saturated heterocycles. The third-order valence-corrected chi connectivity index (χ3v) is 6.41. The summed E-state index contributed by atoms with van der Waals surface area (Å²) in [5.74, 6) is 0.212. The van der Waals surface area contributed by atoms with E-state index in [1.165, 1.54) is 17.8 Å². The Morgan fingerprint density at radius 3 is 2.35 bits per heavy atom. The molecule has 2 aromatic rings. The van der Waals surface area contributed by atoms with Gasteiger partial charge in [-0.15, -0.1) is 11.3 Å². The van der Waals surface area contributed by atoms with Gasteiger partial charge in [-0.2, -0.15) is 0 Å². The van der Waals surface area contributed by atoms with E-state index in [2.05, 4.69) is 12.1 Å². The largest absolute Gasteiger partial charge is 0.342 e. The number of hydrogen-bond acceptors (Lipinski definition) is 3. The Kier molecular flexibility index (Phi) is 5.07. The summed E-state index contributed by atoms with van der Waals surface area (Å²) in [6.07, 6.45) is 3.39. The fourth-order valence-electron chi connectivity index (χ4n) is 4.16. The highest BCUT2D eigenvalue weighted by molar-refractivity contribution is 7.12. The van der Waals surface area contributed by atoms with Crippen LogP contribution >= 0.6 is 11.3 Å². The van der Waals surface area contributed by atoms with Crippen molar-refractivity contribution in [2.75, 3.05) is 26.2 Å². The third kappa shape index (κ3) is 3.40. The Balaban J connectivity index is 1.58. The molecule has 0 unspecified atom stereocenters. The van der Waals surface area contributed by atoms with Gasteiger partial charge >= 0.3 is 0 Å². The molecule has 0 N–H and O–H groups in total. The Morgan fingerprint density at radius 2 is 1.65 bits per heavy atom. The lowest BCUT2D eigenvalue weighted by molar-refractivity contribution is -0.136. The number of amides is 2. The zero-order valence-electron chi connectivity index (χ0n) is 14.8. The number of likely N-dealkylation sites (tertiary alicyclic amines) is 2. The van der Waals surface area contributed by atoms with Crippen LogP contribution in [-0.2, 0) is 4.79 Å². The number of nitrogens with zero attached hydrogens (tertiary/aromatic N) is 2. The molecule has 2 aliphatic rings. The average molecular weight is 369 g/mol. The molecule has 2 aliphatic heterocycles. The van der Waals surface area contributed by atoms with Gasteiger partial charge in [-0.05, 0) is 36.3 Å². The van der Waals surface area contributed by atoms with E-state index in [-0.39, 0.29) is 23.7 Å². The lowest BCUT2D eigenvalue weighted by Gasteiger charge is -2.30. The molecule has 4 nitrogen and oxygen atoms in total. The van der Waals surface area contributed by atoms with Crippen LogP contribution in [0, 0.1) is 5.92 Å². The molecule has 0 aliphatic carbocycles. The van der Waals surface area contributed by atoms with Crippen molar-refractivity contribution in [3.63, 3.8) is 0 Å². The lowest BCUT2D eigenvalue weighted by Crippen LogP contribution is -2.42. The molecule has 5 heteroatoms. The van der Waals surface area contributed by atoms with Crippen LogP contribution in [-0.4, -0.2) is 47.8 Å². The molecule has 0 bridgehead atoms. The predicted molar refractivity (Wildman–Crippen MR) is 103 cm³/mol. The van der Waals surface area contributed by atoms with Crippen molar-refractivity contribution in [2.24, 2.45) is 5.92 Å². The number of hydrogen-bond donors (Lipinski definition) is 0. The topological polar surface area (TPSA) is 40.6 Å². The van der Waals surface area contributed by atoms with Gasteiger partial charge < -0.3 is 9.80 Å². The summed E-state index contributed by atoms with van der Waals surface area (Å²) < 4.78 is 0. The quantitative estimate of drug-likeness (QED) is 0.830. The molecule has 2 atom stereocenters. The Morgan fingerprint density at radius 1 is 0.885 bits per heavy atom. The van der Waals surface area contributed by atoms with Crippen LogP contribution in [0.1, 0.15) is 40.4 Å². The second kappa shape index (κ2) is 7.62. The van der Waals surface area contributed by atoms with Gasteiger partial charge in [0.05, 0.1) is 10.8 Å². The lowest BCUT2D eigenvalue weighted by atomic mass is 9.87. The normalized spacial score (nSPS) is 23.2. The minimum absolute atomic E-state index is 0.0508. The first-order valence-corrected chi connectivity index (χ1v) is 10.3. The van der Waals surface area contributed by atoms with Crippen LogP contribution < -0.4 is 0 Å². The Labute approximate surface area is 158 Å². The van der Waals surface area contributed by atoms with Crippen molar-refractivity contribution in [1.82, 2.24) is 9.80 Å². The van der Waals surface area contributed by atoms with Crippen LogP contribution in [0.3, 0.4) is 0 Å². The van der Waals surface area contributed by atoms with Crippen molar-refractivity contribution in [2.45, 2.75) is 25.2 Å². The van der Waals surface area contributed by atoms with Gasteiger partial charge in [0.15, 0.2) is 0 Å². The predicted octanol–water partition coefficient (Wildman–Crippen LogP) is 3.62. The van der Waals surface area contributed by atoms with Crippen LogP contribution in [0.15, 0.2) is 47.8 Å². The fraction of sp³-hybridized carbons (Fsp3) is 0.429. The van der Waals surface area contributed by atoms with Crippen LogP contribution in [0.5, 0.6) is 0 Å². The van der Waals surface area contributed by atoms with Crippen molar-refractivity contribution in [3.8, 4) is 0 Å². The van der Waals surface area contributed by atoms with E-state index in [0.29, 0.717) is 13.1 Å². The smallest absolute Gasteiger partial charge is 0.263 e. The zero-order chi connectivity index (χ0) is 17.9. The van der Waals surface area contributed by atoms with E-state index in [0.717, 1.165) is 36.4 Å². The molecule has 0 radical (unpaired) electrons. The summed E-state index contributed by atoms with van der Waals surface area (Å²) in [5.41, 5.74) is 1.16. The van der Waals surface area contributed by atoms with Gasteiger partial charge in [-0.25, -0.2) is 0 Å². The molecular formula is C21H24N2O2S. The van der Waals surface area contributed by atoms with E-state index >= 15 is 0 Å². The van der Waals surface area contributed by atoms with Gasteiger partial charge in [0, 0.05) is 32.1 Å². The van der Waals surface area contributed by atoms with Gasteiger partial charge in [0.1, 0.15) is 0 Å². The van der Waals surface area contributed by atoms with Gasteiger partial charge in [0.2, 0.25) is 5.91 Å². The standard InChI is InChI=1S/C21H24N2O2S/c24-20(22-11-5-2-6-12-22)18-15-23(21(25)19-10-7-13-26-19)14-17(18)16-8-3-1-4-9-16/h1,3-4,7-10,13,17-18H,2,5-6,11-12,14-15H2/t17-,18-/m1/s1. The number of rotatable bonds is 3. The average Bonchev–Trinajstić information content (AvgIpc) is 3.38. The van der Waals surface area contributed by atoms with Crippen LogP contribution in [0.4, 0.5) is 0 Å². The SMILES string of the molecule is O=C(c1cccs1)N1C[C@H](c2ccccc2)[C@H](C(=O)N2CCCCC2)C1. The number of carbonyl (C=O) groups excluding carboxylic acids is 2. The van der Waals surface area contributed by atoms with Gasteiger partial charge in [0.25, 0.3) is 5.91 Å². The molecule has 4 rings (SSSR count). The fourth-order valence-corrected chi connectivity index (χ4v) is 4.85. The summed E-state index contributed by atoms with van der Waals surface area (Å²) in [7, 11) is 0. The third-order valence-electron chi connectivity index (χ3n) is 5.55. The summed E-state index contributed by atoms with van der Waals surface area (Å²) in [5, 5.41) is 1.92. The molecule has 0 spiro atoms. The first-order valence-electron chi connectivity index (χ1n) is 9.40. The molecule has 1 aromatic heterocycles. The Bertz CT molecular complexity index is 754. The maximum absolute atomic E-state index is 13.2. The maximum atomic E-state index is 13.2. The van der Waals surface area contributed by atoms with Crippen molar-refractivity contribution >= 4 is 23.2 Å². The van der Waals surface area contributed by atoms with Crippen molar-refractivity contribution < 1.29 is 9.59 Å². The van der Waals surface area contributed by atoms with E-state index in [4.69, 9.17) is 0 Å². The van der Waals surface area contributed by atoms with Crippen molar-refractivity contribution in [3.05, 3.63) is 58.3 Å². The summed E-state index contributed by atoms with van der Waals surface area (Å²) in [6, 6.07) is 14.0. The minimum atomic E-state index is -0.139. The number of piperidine rings is 1. The molecule has 2 amide bonds. The Hall–Kier alpha value is -2.14. The first-order chi connectivity index (χ1) is 12.7. The highest BCUT2D eigenvalue weighted by Crippen LogP contribution is 2.35. The van der Waals surface area contributed by atoms with E-state index in [9.17, 15) is 9.59 Å². The van der Waals surface area contributed by atoms with Crippen LogP contribution in [0.2, 0.25) is 0 Å². The summed E-state index contributed by atoms with van der Waals surface area (Å²) in [6.45, 7) is 2.85.